The van der Waals surface area contributed by atoms with Crippen molar-refractivity contribution in [3.8, 4) is 5.75 Å². The van der Waals surface area contributed by atoms with Crippen LogP contribution < -0.4 is 10.5 Å². The molecule has 0 aliphatic rings. The van der Waals surface area contributed by atoms with Crippen LogP contribution in [-0.4, -0.2) is 22.4 Å². The molecule has 2 rings (SSSR count). The van der Waals surface area contributed by atoms with E-state index in [2.05, 4.69) is 10.2 Å². The van der Waals surface area contributed by atoms with E-state index in [0.717, 1.165) is 17.0 Å². The minimum Gasteiger partial charge on any atom is -0.497 e. The highest BCUT2D eigenvalue weighted by Crippen LogP contribution is 2.28. The first-order valence-corrected chi connectivity index (χ1v) is 5.26. The van der Waals surface area contributed by atoms with E-state index >= 15 is 0 Å². The number of aliphatic hydroxyl groups is 1. The number of aryl methyl sites for hydroxylation is 1. The number of nitrogens with zero attached hydrogens (tertiary/aromatic N) is 1. The van der Waals surface area contributed by atoms with Crippen LogP contribution in [-0.2, 0) is 0 Å². The van der Waals surface area contributed by atoms with Gasteiger partial charge < -0.3 is 15.6 Å². The van der Waals surface area contributed by atoms with Crippen LogP contribution in [0.3, 0.4) is 0 Å². The minimum atomic E-state index is -0.778. The van der Waals surface area contributed by atoms with Crippen LogP contribution in [0.4, 0.5) is 5.82 Å². The number of anilines is 1. The third kappa shape index (κ3) is 2.09. The largest absolute Gasteiger partial charge is 0.497 e. The van der Waals surface area contributed by atoms with Crippen molar-refractivity contribution >= 4 is 5.82 Å². The molecule has 17 heavy (non-hydrogen) atoms. The summed E-state index contributed by atoms with van der Waals surface area (Å²) in [6.45, 7) is 1.82. The smallest absolute Gasteiger partial charge is 0.151 e. The monoisotopic (exact) mass is 233 g/mol. The molecule has 0 saturated carbocycles. The number of hydrogen-bond donors (Lipinski definition) is 3. The van der Waals surface area contributed by atoms with Gasteiger partial charge in [0.25, 0.3) is 0 Å². The number of aromatic nitrogens is 2. The Kier molecular flexibility index (Phi) is 3.01. The Morgan fingerprint density at radius 2 is 2.00 bits per heavy atom. The topological polar surface area (TPSA) is 84.2 Å². The molecule has 0 bridgehead atoms. The molecule has 2 aromatic rings. The minimum absolute atomic E-state index is 0.325. The number of ether oxygens (including phenoxy) is 1. The lowest BCUT2D eigenvalue weighted by Gasteiger charge is -2.11. The normalized spacial score (nSPS) is 12.4. The third-order valence-corrected chi connectivity index (χ3v) is 2.73. The first-order valence-electron chi connectivity index (χ1n) is 5.26. The second-order valence-electron chi connectivity index (χ2n) is 3.82. The van der Waals surface area contributed by atoms with Crippen LogP contribution in [0.25, 0.3) is 0 Å². The van der Waals surface area contributed by atoms with Crippen molar-refractivity contribution in [3.63, 3.8) is 0 Å². The van der Waals surface area contributed by atoms with Crippen molar-refractivity contribution in [3.05, 3.63) is 41.1 Å². The summed E-state index contributed by atoms with van der Waals surface area (Å²) >= 11 is 0. The van der Waals surface area contributed by atoms with Crippen molar-refractivity contribution in [2.75, 3.05) is 12.8 Å². The summed E-state index contributed by atoms with van der Waals surface area (Å²) in [6.07, 6.45) is -0.778. The fourth-order valence-corrected chi connectivity index (χ4v) is 1.75. The number of aromatic amines is 1. The van der Waals surface area contributed by atoms with Gasteiger partial charge in [-0.2, -0.15) is 5.10 Å². The zero-order valence-corrected chi connectivity index (χ0v) is 9.77. The number of benzene rings is 1. The Morgan fingerprint density at radius 3 is 2.47 bits per heavy atom. The SMILES string of the molecule is COc1ccc(C(O)c2c(N)n[nH]c2C)cc1. The van der Waals surface area contributed by atoms with E-state index in [9.17, 15) is 5.11 Å². The molecule has 1 atom stereocenters. The third-order valence-electron chi connectivity index (χ3n) is 2.73. The molecular weight excluding hydrogens is 218 g/mol. The number of rotatable bonds is 3. The highest BCUT2D eigenvalue weighted by Gasteiger charge is 2.18. The molecule has 5 heteroatoms. The lowest BCUT2D eigenvalue weighted by molar-refractivity contribution is 0.220. The molecule has 0 spiro atoms. The van der Waals surface area contributed by atoms with E-state index in [1.807, 2.05) is 6.92 Å². The average molecular weight is 233 g/mol. The van der Waals surface area contributed by atoms with Gasteiger partial charge in [-0.1, -0.05) is 12.1 Å². The number of nitrogens with two attached hydrogens (primary N) is 1. The molecule has 5 nitrogen and oxygen atoms in total. The van der Waals surface area contributed by atoms with Crippen LogP contribution in [0.1, 0.15) is 22.9 Å². The van der Waals surface area contributed by atoms with Crippen molar-refractivity contribution in [2.24, 2.45) is 0 Å². The molecule has 4 N–H and O–H groups in total. The fraction of sp³-hybridized carbons (Fsp3) is 0.250. The zero-order chi connectivity index (χ0) is 12.4. The highest BCUT2D eigenvalue weighted by molar-refractivity contribution is 5.47. The van der Waals surface area contributed by atoms with Gasteiger partial charge in [-0.3, -0.25) is 5.10 Å². The Bertz CT molecular complexity index is 485. The number of aliphatic hydroxyl groups excluding tert-OH is 1. The summed E-state index contributed by atoms with van der Waals surface area (Å²) in [4.78, 5) is 0. The highest BCUT2D eigenvalue weighted by atomic mass is 16.5. The zero-order valence-electron chi connectivity index (χ0n) is 9.77. The molecule has 0 saturated heterocycles. The van der Waals surface area contributed by atoms with Crippen molar-refractivity contribution < 1.29 is 9.84 Å². The van der Waals surface area contributed by atoms with E-state index in [4.69, 9.17) is 10.5 Å². The maximum absolute atomic E-state index is 10.2. The maximum Gasteiger partial charge on any atom is 0.151 e. The quantitative estimate of drug-likeness (QED) is 0.748. The van der Waals surface area contributed by atoms with Crippen LogP contribution in [0, 0.1) is 6.92 Å². The molecule has 1 heterocycles. The maximum atomic E-state index is 10.2. The first-order chi connectivity index (χ1) is 8.13. The van der Waals surface area contributed by atoms with E-state index in [1.165, 1.54) is 0 Å². The number of nitrogen functional groups attached to an aromatic ring is 1. The second kappa shape index (κ2) is 4.47. The van der Waals surface area contributed by atoms with Crippen molar-refractivity contribution in [1.82, 2.24) is 10.2 Å². The van der Waals surface area contributed by atoms with Gasteiger partial charge in [0.05, 0.1) is 7.11 Å². The van der Waals surface area contributed by atoms with E-state index in [0.29, 0.717) is 11.4 Å². The van der Waals surface area contributed by atoms with Crippen LogP contribution in [0.15, 0.2) is 24.3 Å². The molecule has 0 aliphatic carbocycles. The van der Waals surface area contributed by atoms with Crippen LogP contribution in [0.2, 0.25) is 0 Å². The molecular formula is C12H15N3O2. The van der Waals surface area contributed by atoms with Gasteiger partial charge in [-0.05, 0) is 24.6 Å². The van der Waals surface area contributed by atoms with Crippen LogP contribution in [0.5, 0.6) is 5.75 Å². The standard InChI is InChI=1S/C12H15N3O2/c1-7-10(12(13)15-14-7)11(16)8-3-5-9(17-2)6-4-8/h3-6,11,16H,1-2H3,(H3,13,14,15). The fourth-order valence-electron chi connectivity index (χ4n) is 1.75. The average Bonchev–Trinajstić information content (AvgIpc) is 2.68. The Hall–Kier alpha value is -2.01. The van der Waals surface area contributed by atoms with Crippen LogP contribution >= 0.6 is 0 Å². The molecule has 0 aliphatic heterocycles. The van der Waals surface area contributed by atoms with E-state index in [-0.39, 0.29) is 0 Å². The summed E-state index contributed by atoms with van der Waals surface area (Å²) in [5.41, 5.74) is 7.85. The Morgan fingerprint density at radius 1 is 1.35 bits per heavy atom. The molecule has 0 amide bonds. The molecule has 1 unspecified atom stereocenters. The number of nitrogens with one attached hydrogen (secondary N) is 1. The predicted molar refractivity (Wildman–Crippen MR) is 64.8 cm³/mol. The number of hydrogen-bond acceptors (Lipinski definition) is 4. The second-order valence-corrected chi connectivity index (χ2v) is 3.82. The summed E-state index contributed by atoms with van der Waals surface area (Å²) in [5.74, 6) is 1.07. The lowest BCUT2D eigenvalue weighted by Crippen LogP contribution is -2.03. The van der Waals surface area contributed by atoms with Crippen molar-refractivity contribution in [2.45, 2.75) is 13.0 Å². The molecule has 0 radical (unpaired) electrons. The summed E-state index contributed by atoms with van der Waals surface area (Å²) in [6, 6.07) is 7.19. The summed E-state index contributed by atoms with van der Waals surface area (Å²) < 4.78 is 5.06. The summed E-state index contributed by atoms with van der Waals surface area (Å²) in [7, 11) is 1.60. The van der Waals surface area contributed by atoms with Gasteiger partial charge in [0.2, 0.25) is 0 Å². The Balaban J connectivity index is 2.33. The van der Waals surface area contributed by atoms with Gasteiger partial charge in [0.1, 0.15) is 11.9 Å². The van der Waals surface area contributed by atoms with E-state index < -0.39 is 6.10 Å². The van der Waals surface area contributed by atoms with Gasteiger partial charge in [0, 0.05) is 11.3 Å². The first kappa shape index (κ1) is 11.5. The Labute approximate surface area is 99.2 Å². The van der Waals surface area contributed by atoms with Crippen molar-refractivity contribution in [1.29, 1.82) is 0 Å². The lowest BCUT2D eigenvalue weighted by atomic mass is 10.0. The predicted octanol–water partition coefficient (Wildman–Crippen LogP) is 1.39. The van der Waals surface area contributed by atoms with Gasteiger partial charge >= 0.3 is 0 Å². The number of H-pyrrole nitrogens is 1. The molecule has 0 fully saturated rings. The molecule has 1 aromatic carbocycles. The molecule has 90 valence electrons. The molecule has 1 aromatic heterocycles. The van der Waals surface area contributed by atoms with E-state index in [1.54, 1.807) is 31.4 Å². The van der Waals surface area contributed by atoms with Gasteiger partial charge in [-0.25, -0.2) is 0 Å². The summed E-state index contributed by atoms with van der Waals surface area (Å²) in [5, 5.41) is 16.8. The van der Waals surface area contributed by atoms with Gasteiger partial charge in [0.15, 0.2) is 5.82 Å². The number of methoxy groups -OCH3 is 1. The van der Waals surface area contributed by atoms with Gasteiger partial charge in [-0.15, -0.1) is 0 Å².